The van der Waals surface area contributed by atoms with Crippen LogP contribution < -0.4 is 5.73 Å². The summed E-state index contributed by atoms with van der Waals surface area (Å²) in [5.74, 6) is -0.956. The van der Waals surface area contributed by atoms with Crippen molar-refractivity contribution in [2.75, 3.05) is 0 Å². The number of nitrogens with two attached hydrogens (primary N) is 1. The van der Waals surface area contributed by atoms with E-state index in [1.807, 2.05) is 0 Å². The first kappa shape index (κ1) is 10.0. The zero-order valence-electron chi connectivity index (χ0n) is 6.30. The van der Waals surface area contributed by atoms with E-state index in [1.165, 1.54) is 6.20 Å². The maximum Gasteiger partial charge on any atom is 0.267 e. The highest BCUT2D eigenvalue weighted by Gasteiger charge is 2.17. The minimum absolute atomic E-state index is 0.382. The summed E-state index contributed by atoms with van der Waals surface area (Å²) in [5.41, 5.74) is 4.01. The summed E-state index contributed by atoms with van der Waals surface area (Å²) in [7, 11) is 0. The lowest BCUT2D eigenvalue weighted by atomic mass is 10.2. The molecule has 0 atom stereocenters. The predicted octanol–water partition coefficient (Wildman–Crippen LogP) is 1.88. The zero-order valence-corrected chi connectivity index (χ0v) is 7.88. The van der Waals surface area contributed by atoms with E-state index in [0.29, 0.717) is 4.47 Å². The second kappa shape index (κ2) is 3.78. The van der Waals surface area contributed by atoms with Gasteiger partial charge in [-0.3, -0.25) is 4.79 Å². The summed E-state index contributed by atoms with van der Waals surface area (Å²) in [6.45, 7) is 0. The Bertz CT molecular complexity index is 343. The van der Waals surface area contributed by atoms with Crippen molar-refractivity contribution in [1.29, 1.82) is 0 Å². The summed E-state index contributed by atoms with van der Waals surface area (Å²) in [4.78, 5) is 14.1. The van der Waals surface area contributed by atoms with Crippen molar-refractivity contribution in [1.82, 2.24) is 4.98 Å². The van der Waals surface area contributed by atoms with Gasteiger partial charge in [0, 0.05) is 10.7 Å². The molecule has 6 heteroatoms. The SMILES string of the molecule is NC(=O)c1ncc(Br)cc1C(F)F. The van der Waals surface area contributed by atoms with Crippen LogP contribution in [0.25, 0.3) is 0 Å². The van der Waals surface area contributed by atoms with Crippen LogP contribution in [0.1, 0.15) is 22.5 Å². The Kier molecular flexibility index (Phi) is 2.92. The summed E-state index contributed by atoms with van der Waals surface area (Å²) in [5, 5.41) is 0. The summed E-state index contributed by atoms with van der Waals surface area (Å²) >= 11 is 2.97. The minimum Gasteiger partial charge on any atom is -0.364 e. The molecule has 0 saturated heterocycles. The Balaban J connectivity index is 3.26. The van der Waals surface area contributed by atoms with E-state index < -0.39 is 23.6 Å². The lowest BCUT2D eigenvalue weighted by Crippen LogP contribution is -2.16. The van der Waals surface area contributed by atoms with Crippen LogP contribution in [0, 0.1) is 0 Å². The fourth-order valence-corrected chi connectivity index (χ4v) is 1.18. The first-order chi connectivity index (χ1) is 6.02. The number of rotatable bonds is 2. The molecule has 3 nitrogen and oxygen atoms in total. The van der Waals surface area contributed by atoms with Crippen LogP contribution in [-0.4, -0.2) is 10.9 Å². The Morgan fingerprint density at radius 2 is 2.23 bits per heavy atom. The number of hydrogen-bond acceptors (Lipinski definition) is 2. The van der Waals surface area contributed by atoms with Crippen molar-refractivity contribution < 1.29 is 13.6 Å². The molecule has 0 spiro atoms. The molecule has 0 aliphatic heterocycles. The highest BCUT2D eigenvalue weighted by atomic mass is 79.9. The van der Waals surface area contributed by atoms with Crippen LogP contribution in [0.4, 0.5) is 8.78 Å². The van der Waals surface area contributed by atoms with Gasteiger partial charge in [0.2, 0.25) is 0 Å². The standard InChI is InChI=1S/C7H5BrF2N2O/c8-3-1-4(6(9)10)5(7(11)13)12-2-3/h1-2,6H,(H2,11,13). The van der Waals surface area contributed by atoms with E-state index >= 15 is 0 Å². The minimum atomic E-state index is -2.76. The summed E-state index contributed by atoms with van der Waals surface area (Å²) in [6, 6.07) is 1.12. The molecule has 1 aromatic heterocycles. The second-order valence-electron chi connectivity index (χ2n) is 2.26. The number of halogens is 3. The van der Waals surface area contributed by atoms with E-state index in [0.717, 1.165) is 6.07 Å². The number of nitrogens with zero attached hydrogens (tertiary/aromatic N) is 1. The zero-order chi connectivity index (χ0) is 10.0. The molecular weight excluding hydrogens is 246 g/mol. The molecule has 1 rings (SSSR count). The number of carbonyl (C=O) groups excluding carboxylic acids is 1. The number of hydrogen-bond donors (Lipinski definition) is 1. The molecule has 0 bridgehead atoms. The molecular formula is C7H5BrF2N2O. The number of carbonyl (C=O) groups is 1. The number of primary amides is 1. The average Bonchev–Trinajstić information content (AvgIpc) is 2.03. The van der Waals surface area contributed by atoms with Gasteiger partial charge in [-0.15, -0.1) is 0 Å². The molecule has 0 saturated carbocycles. The lowest BCUT2D eigenvalue weighted by molar-refractivity contribution is 0.0980. The highest BCUT2D eigenvalue weighted by Crippen LogP contribution is 2.24. The van der Waals surface area contributed by atoms with Gasteiger partial charge in [0.25, 0.3) is 12.3 Å². The highest BCUT2D eigenvalue weighted by molar-refractivity contribution is 9.10. The first-order valence-corrected chi connectivity index (χ1v) is 4.05. The molecule has 70 valence electrons. The average molecular weight is 251 g/mol. The predicted molar refractivity (Wildman–Crippen MR) is 45.4 cm³/mol. The van der Waals surface area contributed by atoms with Gasteiger partial charge in [0.15, 0.2) is 0 Å². The molecule has 0 fully saturated rings. The molecule has 0 aromatic carbocycles. The molecule has 0 aliphatic carbocycles. The second-order valence-corrected chi connectivity index (χ2v) is 3.17. The largest absolute Gasteiger partial charge is 0.364 e. The van der Waals surface area contributed by atoms with Crippen LogP contribution in [0.2, 0.25) is 0 Å². The molecule has 0 aliphatic rings. The van der Waals surface area contributed by atoms with Gasteiger partial charge in [0.1, 0.15) is 5.69 Å². The van der Waals surface area contributed by atoms with Crippen LogP contribution >= 0.6 is 15.9 Å². The Hall–Kier alpha value is -1.04. The van der Waals surface area contributed by atoms with Crippen LogP contribution in [0.15, 0.2) is 16.7 Å². The van der Waals surface area contributed by atoms with Crippen LogP contribution in [0.3, 0.4) is 0 Å². The first-order valence-electron chi connectivity index (χ1n) is 3.25. The van der Waals surface area contributed by atoms with E-state index in [1.54, 1.807) is 0 Å². The van der Waals surface area contributed by atoms with Gasteiger partial charge in [-0.05, 0) is 22.0 Å². The van der Waals surface area contributed by atoms with E-state index in [4.69, 9.17) is 5.73 Å². The van der Waals surface area contributed by atoms with Crippen molar-refractivity contribution >= 4 is 21.8 Å². The Morgan fingerprint density at radius 1 is 1.62 bits per heavy atom. The molecule has 1 amide bonds. The van der Waals surface area contributed by atoms with Gasteiger partial charge >= 0.3 is 0 Å². The molecule has 13 heavy (non-hydrogen) atoms. The third-order valence-electron chi connectivity index (χ3n) is 1.35. The van der Waals surface area contributed by atoms with Gasteiger partial charge < -0.3 is 5.73 Å². The third kappa shape index (κ3) is 2.21. The molecule has 0 radical (unpaired) electrons. The maximum atomic E-state index is 12.3. The topological polar surface area (TPSA) is 56.0 Å². The van der Waals surface area contributed by atoms with Crippen molar-refractivity contribution in [3.05, 3.63) is 28.0 Å². The van der Waals surface area contributed by atoms with Crippen LogP contribution in [-0.2, 0) is 0 Å². The number of pyridine rings is 1. The molecule has 0 unspecified atom stereocenters. The van der Waals surface area contributed by atoms with E-state index in [2.05, 4.69) is 20.9 Å². The van der Waals surface area contributed by atoms with Crippen molar-refractivity contribution in [2.24, 2.45) is 5.73 Å². The third-order valence-corrected chi connectivity index (χ3v) is 1.79. The summed E-state index contributed by atoms with van der Waals surface area (Å²) in [6.07, 6.45) is -1.51. The maximum absolute atomic E-state index is 12.3. The van der Waals surface area contributed by atoms with Crippen molar-refractivity contribution in [3.8, 4) is 0 Å². The monoisotopic (exact) mass is 250 g/mol. The van der Waals surface area contributed by atoms with Crippen molar-refractivity contribution in [3.63, 3.8) is 0 Å². The summed E-state index contributed by atoms with van der Waals surface area (Å²) < 4.78 is 25.0. The Morgan fingerprint density at radius 3 is 2.69 bits per heavy atom. The van der Waals surface area contributed by atoms with Gasteiger partial charge in [0.05, 0.1) is 5.56 Å². The van der Waals surface area contributed by atoms with E-state index in [-0.39, 0.29) is 0 Å². The van der Waals surface area contributed by atoms with Gasteiger partial charge in [-0.1, -0.05) is 0 Å². The smallest absolute Gasteiger partial charge is 0.267 e. The molecule has 2 N–H and O–H groups in total. The number of amides is 1. The fraction of sp³-hybridized carbons (Fsp3) is 0.143. The number of alkyl halides is 2. The molecule has 1 heterocycles. The fourth-order valence-electron chi connectivity index (χ4n) is 0.827. The molecule has 1 aromatic rings. The number of aromatic nitrogens is 1. The van der Waals surface area contributed by atoms with Gasteiger partial charge in [-0.2, -0.15) is 0 Å². The van der Waals surface area contributed by atoms with Crippen molar-refractivity contribution in [2.45, 2.75) is 6.43 Å². The quantitative estimate of drug-likeness (QED) is 0.872. The lowest BCUT2D eigenvalue weighted by Gasteiger charge is -2.04. The van der Waals surface area contributed by atoms with E-state index in [9.17, 15) is 13.6 Å². The van der Waals surface area contributed by atoms with Gasteiger partial charge in [-0.25, -0.2) is 13.8 Å². The van der Waals surface area contributed by atoms with Crippen LogP contribution in [0.5, 0.6) is 0 Å². The Labute approximate surface area is 81.1 Å². The normalized spacial score (nSPS) is 10.5.